The van der Waals surface area contributed by atoms with Gasteiger partial charge in [0.1, 0.15) is 0 Å². The molecule has 0 bridgehead atoms. The van der Waals surface area contributed by atoms with Gasteiger partial charge >= 0.3 is 6.03 Å². The highest BCUT2D eigenvalue weighted by Gasteiger charge is 2.26. The molecule has 2 amide bonds. The Morgan fingerprint density at radius 3 is 2.50 bits per heavy atom. The standard InChI is InChI=1S/C12H24N2O2/c1-9(10-6-5-7-10)13-11(15)14(4)8-12(2,3)16/h9-10,16H,5-8H2,1-4H3,(H,13,15). The van der Waals surface area contributed by atoms with Crippen LogP contribution in [0.1, 0.15) is 40.0 Å². The van der Waals surface area contributed by atoms with Gasteiger partial charge in [0.2, 0.25) is 0 Å². The van der Waals surface area contributed by atoms with Crippen LogP contribution in [-0.4, -0.2) is 41.3 Å². The average molecular weight is 228 g/mol. The number of nitrogens with zero attached hydrogens (tertiary/aromatic N) is 1. The fraction of sp³-hybridized carbons (Fsp3) is 0.917. The molecule has 4 heteroatoms. The summed E-state index contributed by atoms with van der Waals surface area (Å²) >= 11 is 0. The summed E-state index contributed by atoms with van der Waals surface area (Å²) in [7, 11) is 1.71. The number of hydrogen-bond acceptors (Lipinski definition) is 2. The van der Waals surface area contributed by atoms with Gasteiger partial charge < -0.3 is 15.3 Å². The summed E-state index contributed by atoms with van der Waals surface area (Å²) in [6.07, 6.45) is 3.72. The highest BCUT2D eigenvalue weighted by Crippen LogP contribution is 2.29. The summed E-state index contributed by atoms with van der Waals surface area (Å²) in [5.74, 6) is 0.638. The third kappa shape index (κ3) is 4.00. The van der Waals surface area contributed by atoms with Crippen molar-refractivity contribution in [1.82, 2.24) is 10.2 Å². The van der Waals surface area contributed by atoms with Crippen molar-refractivity contribution in [3.05, 3.63) is 0 Å². The third-order valence-corrected chi connectivity index (χ3v) is 3.18. The van der Waals surface area contributed by atoms with Gasteiger partial charge in [-0.1, -0.05) is 6.42 Å². The number of likely N-dealkylation sites (N-methyl/N-ethyl adjacent to an activating group) is 1. The highest BCUT2D eigenvalue weighted by molar-refractivity contribution is 5.74. The van der Waals surface area contributed by atoms with Crippen molar-refractivity contribution in [1.29, 1.82) is 0 Å². The van der Waals surface area contributed by atoms with E-state index in [4.69, 9.17) is 0 Å². The van der Waals surface area contributed by atoms with Gasteiger partial charge in [-0.2, -0.15) is 0 Å². The van der Waals surface area contributed by atoms with Crippen molar-refractivity contribution in [3.8, 4) is 0 Å². The van der Waals surface area contributed by atoms with E-state index in [0.717, 1.165) is 0 Å². The monoisotopic (exact) mass is 228 g/mol. The summed E-state index contributed by atoms with van der Waals surface area (Å²) in [5.41, 5.74) is -0.841. The Morgan fingerprint density at radius 2 is 2.12 bits per heavy atom. The molecule has 1 atom stereocenters. The number of amides is 2. The summed E-state index contributed by atoms with van der Waals surface area (Å²) in [6.45, 7) is 5.80. The second-order valence-electron chi connectivity index (χ2n) is 5.60. The second-order valence-corrected chi connectivity index (χ2v) is 5.60. The predicted molar refractivity (Wildman–Crippen MR) is 64.3 cm³/mol. The van der Waals surface area contributed by atoms with Gasteiger partial charge in [-0.15, -0.1) is 0 Å². The topological polar surface area (TPSA) is 52.6 Å². The maximum atomic E-state index is 11.8. The Morgan fingerprint density at radius 1 is 1.56 bits per heavy atom. The van der Waals surface area contributed by atoms with E-state index in [1.165, 1.54) is 24.2 Å². The molecule has 0 aromatic heterocycles. The SMILES string of the molecule is CC(NC(=O)N(C)CC(C)(C)O)C1CCC1. The molecule has 0 saturated heterocycles. The fourth-order valence-corrected chi connectivity index (χ4v) is 2.01. The summed E-state index contributed by atoms with van der Waals surface area (Å²) in [5, 5.41) is 12.6. The molecular weight excluding hydrogens is 204 g/mol. The van der Waals surface area contributed by atoms with Crippen LogP contribution in [0.4, 0.5) is 4.79 Å². The Kier molecular flexibility index (Phi) is 4.19. The van der Waals surface area contributed by atoms with Gasteiger partial charge in [-0.3, -0.25) is 0 Å². The molecular formula is C12H24N2O2. The van der Waals surface area contributed by atoms with E-state index in [-0.39, 0.29) is 12.1 Å². The van der Waals surface area contributed by atoms with Crippen LogP contribution in [0.25, 0.3) is 0 Å². The van der Waals surface area contributed by atoms with Crippen molar-refractivity contribution in [3.63, 3.8) is 0 Å². The molecule has 0 aromatic rings. The molecule has 1 rings (SSSR count). The molecule has 1 aliphatic rings. The number of urea groups is 1. The van der Waals surface area contributed by atoms with Crippen LogP contribution in [-0.2, 0) is 0 Å². The number of carbonyl (C=O) groups excluding carboxylic acids is 1. The van der Waals surface area contributed by atoms with E-state index in [1.807, 2.05) is 0 Å². The normalized spacial score (nSPS) is 18.8. The van der Waals surface area contributed by atoms with E-state index in [1.54, 1.807) is 20.9 Å². The number of carbonyl (C=O) groups is 1. The molecule has 0 heterocycles. The van der Waals surface area contributed by atoms with Crippen molar-refractivity contribution in [2.24, 2.45) is 5.92 Å². The maximum Gasteiger partial charge on any atom is 0.317 e. The van der Waals surface area contributed by atoms with E-state index < -0.39 is 5.60 Å². The lowest BCUT2D eigenvalue weighted by atomic mass is 9.80. The summed E-state index contributed by atoms with van der Waals surface area (Å²) in [4.78, 5) is 13.3. The Labute approximate surface area is 98.0 Å². The molecule has 16 heavy (non-hydrogen) atoms. The van der Waals surface area contributed by atoms with Crippen LogP contribution >= 0.6 is 0 Å². The van der Waals surface area contributed by atoms with E-state index in [2.05, 4.69) is 12.2 Å². The minimum atomic E-state index is -0.841. The average Bonchev–Trinajstić information content (AvgIpc) is 1.96. The summed E-state index contributed by atoms with van der Waals surface area (Å²) < 4.78 is 0. The first-order chi connectivity index (χ1) is 7.29. The fourth-order valence-electron chi connectivity index (χ4n) is 2.01. The highest BCUT2D eigenvalue weighted by atomic mass is 16.3. The molecule has 1 saturated carbocycles. The Hall–Kier alpha value is -0.770. The number of aliphatic hydroxyl groups is 1. The van der Waals surface area contributed by atoms with Gasteiger partial charge in [-0.25, -0.2) is 4.79 Å². The Balaban J connectivity index is 2.33. The number of hydrogen-bond donors (Lipinski definition) is 2. The third-order valence-electron chi connectivity index (χ3n) is 3.18. The molecule has 0 aliphatic heterocycles. The second kappa shape index (κ2) is 5.04. The van der Waals surface area contributed by atoms with Crippen LogP contribution in [0.15, 0.2) is 0 Å². The van der Waals surface area contributed by atoms with Gasteiger partial charge in [0.25, 0.3) is 0 Å². The number of rotatable bonds is 4. The quantitative estimate of drug-likeness (QED) is 0.767. The van der Waals surface area contributed by atoms with Crippen molar-refractivity contribution in [2.75, 3.05) is 13.6 Å². The van der Waals surface area contributed by atoms with Gasteiger partial charge in [0.05, 0.1) is 12.1 Å². The smallest absolute Gasteiger partial charge is 0.317 e. The Bertz CT molecular complexity index is 244. The lowest BCUT2D eigenvalue weighted by molar-refractivity contribution is 0.0522. The van der Waals surface area contributed by atoms with Crippen LogP contribution in [0.5, 0.6) is 0 Å². The zero-order valence-corrected chi connectivity index (χ0v) is 10.8. The molecule has 1 aliphatic carbocycles. The van der Waals surface area contributed by atoms with E-state index in [9.17, 15) is 9.90 Å². The van der Waals surface area contributed by atoms with E-state index in [0.29, 0.717) is 12.5 Å². The van der Waals surface area contributed by atoms with Crippen LogP contribution in [0.2, 0.25) is 0 Å². The first kappa shape index (κ1) is 13.3. The minimum absolute atomic E-state index is 0.0958. The molecule has 1 unspecified atom stereocenters. The van der Waals surface area contributed by atoms with Crippen LogP contribution < -0.4 is 5.32 Å². The van der Waals surface area contributed by atoms with Crippen molar-refractivity contribution >= 4 is 6.03 Å². The molecule has 1 fully saturated rings. The predicted octanol–water partition coefficient (Wildman–Crippen LogP) is 1.59. The largest absolute Gasteiger partial charge is 0.389 e. The molecule has 4 nitrogen and oxygen atoms in total. The molecule has 0 radical (unpaired) electrons. The minimum Gasteiger partial charge on any atom is -0.389 e. The molecule has 0 spiro atoms. The van der Waals surface area contributed by atoms with Gasteiger partial charge in [0, 0.05) is 13.1 Å². The van der Waals surface area contributed by atoms with Gasteiger partial charge in [-0.05, 0) is 39.5 Å². The van der Waals surface area contributed by atoms with Crippen LogP contribution in [0.3, 0.4) is 0 Å². The van der Waals surface area contributed by atoms with Crippen LogP contribution in [0, 0.1) is 5.92 Å². The summed E-state index contributed by atoms with van der Waals surface area (Å²) in [6, 6.07) is 0.145. The zero-order valence-electron chi connectivity index (χ0n) is 10.8. The molecule has 2 N–H and O–H groups in total. The van der Waals surface area contributed by atoms with Crippen molar-refractivity contribution < 1.29 is 9.90 Å². The molecule has 0 aromatic carbocycles. The van der Waals surface area contributed by atoms with Crippen molar-refractivity contribution in [2.45, 2.75) is 51.7 Å². The van der Waals surface area contributed by atoms with E-state index >= 15 is 0 Å². The zero-order chi connectivity index (χ0) is 12.3. The lowest BCUT2D eigenvalue weighted by Gasteiger charge is -2.34. The lowest BCUT2D eigenvalue weighted by Crippen LogP contribution is -2.49. The number of nitrogens with one attached hydrogen (secondary N) is 1. The molecule has 94 valence electrons. The van der Waals surface area contributed by atoms with Gasteiger partial charge in [0.15, 0.2) is 0 Å². The first-order valence-corrected chi connectivity index (χ1v) is 6.03. The first-order valence-electron chi connectivity index (χ1n) is 6.03. The maximum absolute atomic E-state index is 11.8.